The van der Waals surface area contributed by atoms with Crippen LogP contribution < -0.4 is 5.32 Å². The molecule has 0 aromatic carbocycles. The van der Waals surface area contributed by atoms with Crippen LogP contribution in [0.15, 0.2) is 11.8 Å². The Balaban J connectivity index is 1.85. The van der Waals surface area contributed by atoms with E-state index in [-0.39, 0.29) is 5.78 Å². The maximum Gasteiger partial charge on any atom is 0.157 e. The lowest BCUT2D eigenvalue weighted by molar-refractivity contribution is -0.114. The molecule has 0 amide bonds. The summed E-state index contributed by atoms with van der Waals surface area (Å²) < 4.78 is 0. The van der Waals surface area contributed by atoms with Crippen LogP contribution in [0.3, 0.4) is 0 Å². The fourth-order valence-electron chi connectivity index (χ4n) is 1.53. The van der Waals surface area contributed by atoms with Crippen molar-refractivity contribution >= 4 is 5.78 Å². The van der Waals surface area contributed by atoms with Gasteiger partial charge in [0, 0.05) is 24.2 Å². The molecule has 0 bridgehead atoms. The number of ketones is 1. The number of rotatable bonds is 2. The van der Waals surface area contributed by atoms with Crippen molar-refractivity contribution in [3.8, 4) is 0 Å². The molecular formula is C9H13NO. The number of carbonyl (C=O) groups excluding carboxylic acids is 1. The highest BCUT2D eigenvalue weighted by Gasteiger charge is 2.20. The molecule has 2 nitrogen and oxygen atoms in total. The van der Waals surface area contributed by atoms with E-state index in [9.17, 15) is 4.79 Å². The molecule has 2 rings (SSSR count). The summed E-state index contributed by atoms with van der Waals surface area (Å²) in [5.74, 6) is 0.284. The second kappa shape index (κ2) is 2.68. The van der Waals surface area contributed by atoms with Gasteiger partial charge in [-0.1, -0.05) is 0 Å². The molecule has 0 heterocycles. The molecule has 0 aromatic heterocycles. The summed E-state index contributed by atoms with van der Waals surface area (Å²) in [6, 6.07) is 0.673. The van der Waals surface area contributed by atoms with Gasteiger partial charge in [-0.3, -0.25) is 4.79 Å². The summed E-state index contributed by atoms with van der Waals surface area (Å²) in [5, 5.41) is 3.39. The van der Waals surface area contributed by atoms with Gasteiger partial charge in [-0.25, -0.2) is 0 Å². The van der Waals surface area contributed by atoms with Gasteiger partial charge in [0.1, 0.15) is 0 Å². The van der Waals surface area contributed by atoms with E-state index in [1.165, 1.54) is 25.0 Å². The van der Waals surface area contributed by atoms with Gasteiger partial charge >= 0.3 is 0 Å². The summed E-state index contributed by atoms with van der Waals surface area (Å²) in [6.07, 6.45) is 7.33. The summed E-state index contributed by atoms with van der Waals surface area (Å²) in [7, 11) is 0. The molecular weight excluding hydrogens is 138 g/mol. The zero-order valence-corrected chi connectivity index (χ0v) is 6.60. The molecule has 0 spiro atoms. The van der Waals surface area contributed by atoms with Crippen LogP contribution in [0.5, 0.6) is 0 Å². The van der Waals surface area contributed by atoms with Gasteiger partial charge < -0.3 is 5.32 Å². The van der Waals surface area contributed by atoms with Crippen molar-refractivity contribution in [1.82, 2.24) is 5.32 Å². The average molecular weight is 151 g/mol. The number of hydrogen-bond acceptors (Lipinski definition) is 2. The van der Waals surface area contributed by atoms with E-state index in [0.717, 1.165) is 12.8 Å². The molecule has 0 unspecified atom stereocenters. The fourth-order valence-corrected chi connectivity index (χ4v) is 1.53. The Morgan fingerprint density at radius 2 is 2.18 bits per heavy atom. The summed E-state index contributed by atoms with van der Waals surface area (Å²) >= 11 is 0. The Hall–Kier alpha value is -0.790. The lowest BCUT2D eigenvalue weighted by Crippen LogP contribution is -2.33. The highest BCUT2D eigenvalue weighted by Crippen LogP contribution is 2.22. The summed E-state index contributed by atoms with van der Waals surface area (Å²) in [5.41, 5.74) is 1.17. The maximum atomic E-state index is 10.8. The van der Waals surface area contributed by atoms with Gasteiger partial charge in [-0.05, 0) is 25.7 Å². The van der Waals surface area contributed by atoms with Gasteiger partial charge in [0.15, 0.2) is 5.78 Å². The molecule has 60 valence electrons. The molecule has 1 saturated carbocycles. The number of hydrogen-bond donors (Lipinski definition) is 1. The van der Waals surface area contributed by atoms with E-state index >= 15 is 0 Å². The Morgan fingerprint density at radius 1 is 1.36 bits per heavy atom. The third kappa shape index (κ3) is 1.44. The number of allylic oxidation sites excluding steroid dienone is 2. The Morgan fingerprint density at radius 3 is 2.64 bits per heavy atom. The van der Waals surface area contributed by atoms with Crippen molar-refractivity contribution in [2.45, 2.75) is 38.1 Å². The van der Waals surface area contributed by atoms with E-state index in [1.807, 2.05) is 0 Å². The Kier molecular flexibility index (Phi) is 1.68. The first kappa shape index (κ1) is 6.89. The summed E-state index contributed by atoms with van der Waals surface area (Å²) in [4.78, 5) is 10.8. The van der Waals surface area contributed by atoms with Crippen LogP contribution in [-0.4, -0.2) is 11.8 Å². The largest absolute Gasteiger partial charge is 0.385 e. The molecule has 0 aliphatic heterocycles. The predicted molar refractivity (Wildman–Crippen MR) is 43.1 cm³/mol. The SMILES string of the molecule is O=C1C=C(NC2CCC2)CC1. The lowest BCUT2D eigenvalue weighted by Gasteiger charge is -2.27. The van der Waals surface area contributed by atoms with Crippen LogP contribution in [-0.2, 0) is 4.79 Å². The van der Waals surface area contributed by atoms with Crippen molar-refractivity contribution < 1.29 is 4.79 Å². The van der Waals surface area contributed by atoms with Crippen LogP contribution in [0, 0.1) is 0 Å². The van der Waals surface area contributed by atoms with Crippen LogP contribution in [0.2, 0.25) is 0 Å². The average Bonchev–Trinajstić information content (AvgIpc) is 2.27. The third-order valence-electron chi connectivity index (χ3n) is 2.47. The van der Waals surface area contributed by atoms with Crippen LogP contribution in [0.1, 0.15) is 32.1 Å². The molecule has 2 heteroatoms. The van der Waals surface area contributed by atoms with Gasteiger partial charge in [0.05, 0.1) is 0 Å². The minimum Gasteiger partial charge on any atom is -0.385 e. The van der Waals surface area contributed by atoms with Crippen molar-refractivity contribution in [2.24, 2.45) is 0 Å². The molecule has 11 heavy (non-hydrogen) atoms. The Labute approximate surface area is 66.7 Å². The quantitative estimate of drug-likeness (QED) is 0.646. The molecule has 0 aromatic rings. The third-order valence-corrected chi connectivity index (χ3v) is 2.47. The topological polar surface area (TPSA) is 29.1 Å². The van der Waals surface area contributed by atoms with E-state index in [2.05, 4.69) is 5.32 Å². The first-order valence-electron chi connectivity index (χ1n) is 4.34. The molecule has 0 atom stereocenters. The van der Waals surface area contributed by atoms with E-state index in [1.54, 1.807) is 6.08 Å². The molecule has 0 saturated heterocycles. The summed E-state index contributed by atoms with van der Waals surface area (Å²) in [6.45, 7) is 0. The minimum atomic E-state index is 0.284. The predicted octanol–water partition coefficient (Wildman–Crippen LogP) is 1.38. The van der Waals surface area contributed by atoms with E-state index in [4.69, 9.17) is 0 Å². The molecule has 1 N–H and O–H groups in total. The molecule has 1 fully saturated rings. The zero-order valence-electron chi connectivity index (χ0n) is 6.60. The normalized spacial score (nSPS) is 24.7. The number of nitrogens with one attached hydrogen (secondary N) is 1. The minimum absolute atomic E-state index is 0.284. The van der Waals surface area contributed by atoms with Gasteiger partial charge in [0.25, 0.3) is 0 Å². The Bertz CT molecular complexity index is 204. The van der Waals surface area contributed by atoms with Crippen LogP contribution in [0.25, 0.3) is 0 Å². The van der Waals surface area contributed by atoms with Gasteiger partial charge in [0.2, 0.25) is 0 Å². The van der Waals surface area contributed by atoms with Gasteiger partial charge in [-0.2, -0.15) is 0 Å². The van der Waals surface area contributed by atoms with Crippen molar-refractivity contribution in [2.75, 3.05) is 0 Å². The van der Waals surface area contributed by atoms with Gasteiger partial charge in [-0.15, -0.1) is 0 Å². The molecule has 2 aliphatic carbocycles. The smallest absolute Gasteiger partial charge is 0.157 e. The standard InChI is InChI=1S/C9H13NO/c11-9-5-4-8(6-9)10-7-2-1-3-7/h6-7,10H,1-5H2. The fraction of sp³-hybridized carbons (Fsp3) is 0.667. The van der Waals surface area contributed by atoms with Crippen molar-refractivity contribution in [3.05, 3.63) is 11.8 Å². The number of carbonyl (C=O) groups is 1. The zero-order chi connectivity index (χ0) is 7.68. The van der Waals surface area contributed by atoms with Crippen molar-refractivity contribution in [1.29, 1.82) is 0 Å². The lowest BCUT2D eigenvalue weighted by atomic mass is 9.93. The monoisotopic (exact) mass is 151 g/mol. The highest BCUT2D eigenvalue weighted by molar-refractivity contribution is 5.92. The van der Waals surface area contributed by atoms with Crippen LogP contribution in [0.4, 0.5) is 0 Å². The van der Waals surface area contributed by atoms with E-state index in [0.29, 0.717) is 6.04 Å². The molecule has 2 aliphatic rings. The first-order chi connectivity index (χ1) is 5.34. The maximum absolute atomic E-state index is 10.8. The van der Waals surface area contributed by atoms with E-state index < -0.39 is 0 Å². The first-order valence-corrected chi connectivity index (χ1v) is 4.34. The highest BCUT2D eigenvalue weighted by atomic mass is 16.1. The molecule has 0 radical (unpaired) electrons. The van der Waals surface area contributed by atoms with Crippen molar-refractivity contribution in [3.63, 3.8) is 0 Å². The second-order valence-corrected chi connectivity index (χ2v) is 3.41. The van der Waals surface area contributed by atoms with Crippen LogP contribution >= 0.6 is 0 Å². The second-order valence-electron chi connectivity index (χ2n) is 3.41.